The summed E-state index contributed by atoms with van der Waals surface area (Å²) in [6.07, 6.45) is 0.106. The van der Waals surface area contributed by atoms with Crippen molar-refractivity contribution in [2.24, 2.45) is 5.92 Å². The Morgan fingerprint density at radius 2 is 2.30 bits per heavy atom. The van der Waals surface area contributed by atoms with E-state index in [2.05, 4.69) is 24.1 Å². The van der Waals surface area contributed by atoms with Crippen LogP contribution >= 0.6 is 0 Å². The number of carbonyl (C=O) groups excluding carboxylic acids is 1. The van der Waals surface area contributed by atoms with Gasteiger partial charge in [-0.25, -0.2) is 4.79 Å². The number of aromatic nitrogens is 1. The van der Waals surface area contributed by atoms with Crippen LogP contribution in [0.15, 0.2) is 12.1 Å². The molecule has 2 rings (SSSR count). The van der Waals surface area contributed by atoms with Gasteiger partial charge < -0.3 is 14.8 Å². The Morgan fingerprint density at radius 3 is 2.95 bits per heavy atom. The van der Waals surface area contributed by atoms with E-state index in [1.807, 2.05) is 19.1 Å². The number of ether oxygens (including phenoxy) is 2. The van der Waals surface area contributed by atoms with Gasteiger partial charge in [0, 0.05) is 18.7 Å². The van der Waals surface area contributed by atoms with Crippen molar-refractivity contribution < 1.29 is 14.3 Å². The van der Waals surface area contributed by atoms with E-state index in [0.717, 1.165) is 17.9 Å². The summed E-state index contributed by atoms with van der Waals surface area (Å²) in [5, 5.41) is 3.35. The van der Waals surface area contributed by atoms with Crippen LogP contribution in [0.4, 0.5) is 0 Å². The molecule has 2 heterocycles. The number of cyclic esters (lactones) is 1. The summed E-state index contributed by atoms with van der Waals surface area (Å²) in [6, 6.07) is 3.77. The van der Waals surface area contributed by atoms with E-state index in [-0.39, 0.29) is 5.97 Å². The summed E-state index contributed by atoms with van der Waals surface area (Å²) in [5.74, 6) is 0.955. The fourth-order valence-corrected chi connectivity index (χ4v) is 2.05. The molecule has 0 amide bonds. The van der Waals surface area contributed by atoms with Gasteiger partial charge in [0.1, 0.15) is 5.75 Å². The third-order valence-corrected chi connectivity index (χ3v) is 3.07. The Morgan fingerprint density at radius 1 is 1.50 bits per heavy atom. The van der Waals surface area contributed by atoms with Crippen LogP contribution < -0.4 is 10.1 Å². The number of carbonyl (C=O) groups is 1. The molecule has 5 nitrogen and oxygen atoms in total. The Bertz CT molecular complexity index is 474. The van der Waals surface area contributed by atoms with Gasteiger partial charge in [0.15, 0.2) is 6.10 Å². The maximum absolute atomic E-state index is 11.5. The third kappa shape index (κ3) is 3.93. The van der Waals surface area contributed by atoms with Gasteiger partial charge in [0.2, 0.25) is 0 Å². The SMILES string of the molecule is Cc1ccc(OC2CCOC2=O)c(CNCC(C)C)n1. The van der Waals surface area contributed by atoms with E-state index in [9.17, 15) is 4.79 Å². The molecular weight excluding hydrogens is 256 g/mol. The Labute approximate surface area is 119 Å². The molecular formula is C15H22N2O3. The molecule has 1 atom stereocenters. The zero-order valence-corrected chi connectivity index (χ0v) is 12.3. The topological polar surface area (TPSA) is 60.5 Å². The highest BCUT2D eigenvalue weighted by Crippen LogP contribution is 2.21. The first-order valence-corrected chi connectivity index (χ1v) is 7.07. The fourth-order valence-electron chi connectivity index (χ4n) is 2.05. The molecule has 5 heteroatoms. The standard InChI is InChI=1S/C15H22N2O3/c1-10(2)8-16-9-12-13(5-4-11(3)17-12)20-14-6-7-19-15(14)18/h4-5,10,14,16H,6-9H2,1-3H3. The van der Waals surface area contributed by atoms with Crippen molar-refractivity contribution in [3.8, 4) is 5.75 Å². The molecule has 1 saturated heterocycles. The van der Waals surface area contributed by atoms with Crippen LogP contribution in [0.5, 0.6) is 5.75 Å². The molecule has 1 aliphatic rings. The van der Waals surface area contributed by atoms with E-state index in [1.165, 1.54) is 0 Å². The van der Waals surface area contributed by atoms with E-state index in [1.54, 1.807) is 0 Å². The molecule has 1 fully saturated rings. The number of pyridine rings is 1. The molecule has 0 saturated carbocycles. The van der Waals surface area contributed by atoms with Crippen molar-refractivity contribution in [2.45, 2.75) is 39.8 Å². The number of aryl methyl sites for hydroxylation is 1. The van der Waals surface area contributed by atoms with Gasteiger partial charge in [-0.15, -0.1) is 0 Å². The van der Waals surface area contributed by atoms with Crippen molar-refractivity contribution in [3.63, 3.8) is 0 Å². The van der Waals surface area contributed by atoms with Gasteiger partial charge in [-0.2, -0.15) is 0 Å². The molecule has 1 N–H and O–H groups in total. The van der Waals surface area contributed by atoms with E-state index in [4.69, 9.17) is 9.47 Å². The van der Waals surface area contributed by atoms with Crippen LogP contribution in [0.1, 0.15) is 31.7 Å². The molecule has 0 bridgehead atoms. The lowest BCUT2D eigenvalue weighted by atomic mass is 10.2. The van der Waals surface area contributed by atoms with Gasteiger partial charge in [-0.1, -0.05) is 13.8 Å². The van der Waals surface area contributed by atoms with Gasteiger partial charge in [0.25, 0.3) is 0 Å². The number of nitrogens with zero attached hydrogens (tertiary/aromatic N) is 1. The average Bonchev–Trinajstić information content (AvgIpc) is 2.78. The first kappa shape index (κ1) is 14.8. The third-order valence-electron chi connectivity index (χ3n) is 3.07. The fraction of sp³-hybridized carbons (Fsp3) is 0.600. The lowest BCUT2D eigenvalue weighted by Gasteiger charge is -2.15. The van der Waals surface area contributed by atoms with E-state index < -0.39 is 6.10 Å². The monoisotopic (exact) mass is 278 g/mol. The first-order valence-electron chi connectivity index (χ1n) is 7.07. The molecule has 110 valence electrons. The molecule has 0 radical (unpaired) electrons. The second-order valence-electron chi connectivity index (χ2n) is 5.48. The van der Waals surface area contributed by atoms with Crippen LogP contribution in [0.2, 0.25) is 0 Å². The van der Waals surface area contributed by atoms with Crippen LogP contribution in [0.3, 0.4) is 0 Å². The largest absolute Gasteiger partial charge is 0.477 e. The first-order chi connectivity index (χ1) is 9.56. The summed E-state index contributed by atoms with van der Waals surface area (Å²) in [4.78, 5) is 16.0. The zero-order chi connectivity index (χ0) is 14.5. The minimum Gasteiger partial charge on any atom is -0.477 e. The number of esters is 1. The van der Waals surface area contributed by atoms with Crippen LogP contribution in [-0.4, -0.2) is 30.2 Å². The molecule has 0 aromatic carbocycles. The highest BCUT2D eigenvalue weighted by atomic mass is 16.6. The Hall–Kier alpha value is -1.62. The molecule has 1 aliphatic heterocycles. The van der Waals surface area contributed by atoms with Gasteiger partial charge in [0.05, 0.1) is 12.3 Å². The van der Waals surface area contributed by atoms with Gasteiger partial charge >= 0.3 is 5.97 Å². The summed E-state index contributed by atoms with van der Waals surface area (Å²) < 4.78 is 10.7. The lowest BCUT2D eigenvalue weighted by Crippen LogP contribution is -2.24. The summed E-state index contributed by atoms with van der Waals surface area (Å²) >= 11 is 0. The van der Waals surface area contributed by atoms with Crippen LogP contribution in [-0.2, 0) is 16.1 Å². The highest BCUT2D eigenvalue weighted by molar-refractivity contribution is 5.76. The molecule has 0 spiro atoms. The van der Waals surface area contributed by atoms with Crippen LogP contribution in [0.25, 0.3) is 0 Å². The van der Waals surface area contributed by atoms with Crippen LogP contribution in [0, 0.1) is 12.8 Å². The van der Waals surface area contributed by atoms with Crippen molar-refractivity contribution in [1.82, 2.24) is 10.3 Å². The quantitative estimate of drug-likeness (QED) is 0.804. The Balaban J connectivity index is 2.04. The lowest BCUT2D eigenvalue weighted by molar-refractivity contribution is -0.143. The van der Waals surface area contributed by atoms with Crippen molar-refractivity contribution in [2.75, 3.05) is 13.2 Å². The maximum Gasteiger partial charge on any atom is 0.347 e. The molecule has 20 heavy (non-hydrogen) atoms. The summed E-state index contributed by atoms with van der Waals surface area (Å²) in [5.41, 5.74) is 1.78. The van der Waals surface area contributed by atoms with Crippen molar-refractivity contribution in [3.05, 3.63) is 23.5 Å². The predicted octanol–water partition coefficient (Wildman–Crippen LogP) is 1.83. The number of nitrogens with one attached hydrogen (secondary N) is 1. The Kier molecular flexibility index (Phi) is 4.95. The van der Waals surface area contributed by atoms with E-state index in [0.29, 0.717) is 31.2 Å². The minimum absolute atomic E-state index is 0.285. The number of hydrogen-bond donors (Lipinski definition) is 1. The number of hydrogen-bond acceptors (Lipinski definition) is 5. The zero-order valence-electron chi connectivity index (χ0n) is 12.3. The molecule has 1 unspecified atom stereocenters. The number of rotatable bonds is 6. The molecule has 1 aromatic heterocycles. The van der Waals surface area contributed by atoms with Gasteiger partial charge in [-0.05, 0) is 31.5 Å². The normalized spacial score (nSPS) is 18.4. The average molecular weight is 278 g/mol. The molecule has 0 aliphatic carbocycles. The minimum atomic E-state index is -0.497. The smallest absolute Gasteiger partial charge is 0.347 e. The van der Waals surface area contributed by atoms with Crippen molar-refractivity contribution in [1.29, 1.82) is 0 Å². The second-order valence-corrected chi connectivity index (χ2v) is 5.48. The summed E-state index contributed by atoms with van der Waals surface area (Å²) in [7, 11) is 0. The summed E-state index contributed by atoms with van der Waals surface area (Å²) in [6.45, 7) is 8.24. The highest BCUT2D eigenvalue weighted by Gasteiger charge is 2.29. The van der Waals surface area contributed by atoms with Crippen molar-refractivity contribution >= 4 is 5.97 Å². The predicted molar refractivity (Wildman–Crippen MR) is 75.5 cm³/mol. The molecule has 1 aromatic rings. The maximum atomic E-state index is 11.5. The second kappa shape index (κ2) is 6.70. The van der Waals surface area contributed by atoms with Gasteiger partial charge in [-0.3, -0.25) is 4.98 Å². The van der Waals surface area contributed by atoms with E-state index >= 15 is 0 Å².